The molecule has 1 N–H and O–H groups in total. The molecule has 1 amide bonds. The second-order valence-electron chi connectivity index (χ2n) is 5.04. The number of carbonyl (C=O) groups is 1. The molecule has 0 unspecified atom stereocenters. The Balaban J connectivity index is 2.98. The van der Waals surface area contributed by atoms with E-state index < -0.39 is 11.7 Å². The molecular formula is C13H17N3O2. The fourth-order valence-corrected chi connectivity index (χ4v) is 1.47. The molecule has 0 fully saturated rings. The third kappa shape index (κ3) is 3.74. The van der Waals surface area contributed by atoms with E-state index in [4.69, 9.17) is 10.00 Å². The van der Waals surface area contributed by atoms with Crippen LogP contribution in [-0.2, 0) is 4.74 Å². The molecule has 1 rings (SSSR count). The van der Waals surface area contributed by atoms with Gasteiger partial charge in [-0.25, -0.2) is 9.78 Å². The predicted molar refractivity (Wildman–Crippen MR) is 68.3 cm³/mol. The molecular weight excluding hydrogens is 230 g/mol. The van der Waals surface area contributed by atoms with Crippen LogP contribution in [0.25, 0.3) is 0 Å². The SMILES string of the molecule is Cc1cc(C)c(C#N)c(NC(=O)OC(C)(C)C)n1. The van der Waals surface area contributed by atoms with Crippen molar-refractivity contribution in [1.29, 1.82) is 5.26 Å². The van der Waals surface area contributed by atoms with Gasteiger partial charge in [-0.2, -0.15) is 5.26 Å². The number of pyridine rings is 1. The number of nitrogens with zero attached hydrogens (tertiary/aromatic N) is 2. The standard InChI is InChI=1S/C13H17N3O2/c1-8-6-9(2)15-11(10(8)7-14)16-12(17)18-13(3,4)5/h6H,1-5H3,(H,15,16,17). The van der Waals surface area contributed by atoms with Crippen LogP contribution < -0.4 is 5.32 Å². The Kier molecular flexibility index (Phi) is 3.92. The second-order valence-corrected chi connectivity index (χ2v) is 5.04. The molecule has 96 valence electrons. The van der Waals surface area contributed by atoms with Crippen LogP contribution in [0.4, 0.5) is 10.6 Å². The molecule has 1 aromatic heterocycles. The first kappa shape index (κ1) is 14.0. The van der Waals surface area contributed by atoms with E-state index in [1.165, 1.54) is 0 Å². The summed E-state index contributed by atoms with van der Waals surface area (Å²) in [5, 5.41) is 11.6. The van der Waals surface area contributed by atoms with Crippen LogP contribution in [-0.4, -0.2) is 16.7 Å². The zero-order chi connectivity index (χ0) is 13.9. The van der Waals surface area contributed by atoms with Crippen molar-refractivity contribution >= 4 is 11.9 Å². The summed E-state index contributed by atoms with van der Waals surface area (Å²) in [5.41, 5.74) is 1.27. The normalized spacial score (nSPS) is 10.7. The Bertz CT molecular complexity index is 510. The number of carbonyl (C=O) groups excluding carboxylic acids is 1. The van der Waals surface area contributed by atoms with Crippen LogP contribution >= 0.6 is 0 Å². The minimum atomic E-state index is -0.614. The van der Waals surface area contributed by atoms with Crippen molar-refractivity contribution in [3.05, 3.63) is 22.9 Å². The van der Waals surface area contributed by atoms with Gasteiger partial charge in [-0.05, 0) is 46.2 Å². The van der Waals surface area contributed by atoms with Gasteiger partial charge in [0.25, 0.3) is 0 Å². The third-order valence-corrected chi connectivity index (χ3v) is 2.08. The van der Waals surface area contributed by atoms with Gasteiger partial charge in [0.15, 0.2) is 5.82 Å². The molecule has 0 aliphatic rings. The molecule has 0 bridgehead atoms. The number of amides is 1. The van der Waals surface area contributed by atoms with Gasteiger partial charge in [0.05, 0.1) is 5.56 Å². The molecule has 1 aromatic rings. The maximum atomic E-state index is 11.6. The first-order valence-corrected chi connectivity index (χ1v) is 5.61. The molecule has 5 nitrogen and oxygen atoms in total. The minimum absolute atomic E-state index is 0.240. The summed E-state index contributed by atoms with van der Waals surface area (Å²) in [4.78, 5) is 15.8. The van der Waals surface area contributed by atoms with E-state index in [1.54, 1.807) is 40.7 Å². The summed E-state index contributed by atoms with van der Waals surface area (Å²) in [5.74, 6) is 0.240. The number of ether oxygens (including phenoxy) is 1. The lowest BCUT2D eigenvalue weighted by Gasteiger charge is -2.20. The number of rotatable bonds is 1. The van der Waals surface area contributed by atoms with Crippen LogP contribution in [0, 0.1) is 25.2 Å². The van der Waals surface area contributed by atoms with E-state index in [1.807, 2.05) is 6.07 Å². The van der Waals surface area contributed by atoms with E-state index in [9.17, 15) is 4.79 Å². The highest BCUT2D eigenvalue weighted by Gasteiger charge is 2.18. The van der Waals surface area contributed by atoms with Crippen LogP contribution in [0.5, 0.6) is 0 Å². The molecule has 1 heterocycles. The van der Waals surface area contributed by atoms with Crippen molar-refractivity contribution in [1.82, 2.24) is 4.98 Å². The van der Waals surface area contributed by atoms with Crippen molar-refractivity contribution in [2.24, 2.45) is 0 Å². The molecule has 0 spiro atoms. The van der Waals surface area contributed by atoms with Gasteiger partial charge in [-0.3, -0.25) is 5.32 Å². The van der Waals surface area contributed by atoms with Gasteiger partial charge in [-0.1, -0.05) is 0 Å². The van der Waals surface area contributed by atoms with Crippen LogP contribution in [0.3, 0.4) is 0 Å². The first-order valence-electron chi connectivity index (χ1n) is 5.61. The number of anilines is 1. The molecule has 18 heavy (non-hydrogen) atoms. The van der Waals surface area contributed by atoms with Crippen LogP contribution in [0.15, 0.2) is 6.07 Å². The smallest absolute Gasteiger partial charge is 0.413 e. The number of aromatic nitrogens is 1. The maximum Gasteiger partial charge on any atom is 0.413 e. The quantitative estimate of drug-likeness (QED) is 0.827. The largest absolute Gasteiger partial charge is 0.444 e. The molecule has 0 aliphatic heterocycles. The highest BCUT2D eigenvalue weighted by molar-refractivity contribution is 5.85. The summed E-state index contributed by atoms with van der Waals surface area (Å²) < 4.78 is 5.12. The average molecular weight is 247 g/mol. The zero-order valence-corrected chi connectivity index (χ0v) is 11.3. The summed E-state index contributed by atoms with van der Waals surface area (Å²) in [6, 6.07) is 3.82. The van der Waals surface area contributed by atoms with Gasteiger partial charge in [0.2, 0.25) is 0 Å². The maximum absolute atomic E-state index is 11.6. The number of hydrogen-bond acceptors (Lipinski definition) is 4. The van der Waals surface area contributed by atoms with Crippen molar-refractivity contribution < 1.29 is 9.53 Å². The predicted octanol–water partition coefficient (Wildman–Crippen LogP) is 2.92. The zero-order valence-electron chi connectivity index (χ0n) is 11.3. The monoisotopic (exact) mass is 247 g/mol. The Labute approximate surface area is 107 Å². The summed E-state index contributed by atoms with van der Waals surface area (Å²) >= 11 is 0. The van der Waals surface area contributed by atoms with Gasteiger partial charge in [-0.15, -0.1) is 0 Å². The average Bonchev–Trinajstić information content (AvgIpc) is 2.13. The van der Waals surface area contributed by atoms with E-state index >= 15 is 0 Å². The summed E-state index contributed by atoms with van der Waals surface area (Å²) in [6.07, 6.45) is -0.614. The van der Waals surface area contributed by atoms with Crippen molar-refractivity contribution in [3.8, 4) is 6.07 Å². The Hall–Kier alpha value is -2.09. The topological polar surface area (TPSA) is 75.0 Å². The van der Waals surface area contributed by atoms with E-state index in [0.717, 1.165) is 11.3 Å². The Morgan fingerprint density at radius 2 is 2.06 bits per heavy atom. The van der Waals surface area contributed by atoms with Crippen molar-refractivity contribution in [2.45, 2.75) is 40.2 Å². The lowest BCUT2D eigenvalue weighted by atomic mass is 10.1. The molecule has 0 aromatic carbocycles. The fraction of sp³-hybridized carbons (Fsp3) is 0.462. The van der Waals surface area contributed by atoms with E-state index in [-0.39, 0.29) is 5.82 Å². The summed E-state index contributed by atoms with van der Waals surface area (Å²) in [7, 11) is 0. The number of hydrogen-bond donors (Lipinski definition) is 1. The number of aryl methyl sites for hydroxylation is 2. The Morgan fingerprint density at radius 3 is 2.56 bits per heavy atom. The first-order chi connectivity index (χ1) is 8.23. The lowest BCUT2D eigenvalue weighted by Crippen LogP contribution is -2.28. The fourth-order valence-electron chi connectivity index (χ4n) is 1.47. The van der Waals surface area contributed by atoms with Crippen molar-refractivity contribution in [2.75, 3.05) is 5.32 Å². The number of nitriles is 1. The third-order valence-electron chi connectivity index (χ3n) is 2.08. The van der Waals surface area contributed by atoms with Gasteiger partial charge >= 0.3 is 6.09 Å². The van der Waals surface area contributed by atoms with E-state index in [2.05, 4.69) is 10.3 Å². The molecule has 5 heteroatoms. The number of nitrogens with one attached hydrogen (secondary N) is 1. The molecule has 0 aliphatic carbocycles. The molecule has 0 atom stereocenters. The summed E-state index contributed by atoms with van der Waals surface area (Å²) in [6.45, 7) is 8.91. The van der Waals surface area contributed by atoms with Crippen LogP contribution in [0.1, 0.15) is 37.6 Å². The van der Waals surface area contributed by atoms with E-state index in [0.29, 0.717) is 5.56 Å². The highest BCUT2D eigenvalue weighted by Crippen LogP contribution is 2.18. The van der Waals surface area contributed by atoms with Gasteiger partial charge in [0, 0.05) is 5.69 Å². The van der Waals surface area contributed by atoms with Gasteiger partial charge in [0.1, 0.15) is 11.7 Å². The van der Waals surface area contributed by atoms with Crippen LogP contribution in [0.2, 0.25) is 0 Å². The lowest BCUT2D eigenvalue weighted by molar-refractivity contribution is 0.0635. The minimum Gasteiger partial charge on any atom is -0.444 e. The molecule has 0 saturated heterocycles. The Morgan fingerprint density at radius 1 is 1.44 bits per heavy atom. The molecule has 0 saturated carbocycles. The highest BCUT2D eigenvalue weighted by atomic mass is 16.6. The van der Waals surface area contributed by atoms with Crippen molar-refractivity contribution in [3.63, 3.8) is 0 Å². The molecule has 0 radical (unpaired) electrons. The van der Waals surface area contributed by atoms with Gasteiger partial charge < -0.3 is 4.74 Å². The second kappa shape index (κ2) is 5.05.